The molecule has 1 aromatic carbocycles. The van der Waals surface area contributed by atoms with Crippen LogP contribution in [-0.2, 0) is 4.79 Å². The van der Waals surface area contributed by atoms with Gasteiger partial charge in [0.1, 0.15) is 5.75 Å². The number of hydrogen-bond acceptors (Lipinski definition) is 3. The Kier molecular flexibility index (Phi) is 5.68. The van der Waals surface area contributed by atoms with Crippen LogP contribution in [0.25, 0.3) is 0 Å². The molecular weight excluding hydrogens is 276 g/mol. The molecule has 1 heterocycles. The van der Waals surface area contributed by atoms with E-state index in [1.165, 1.54) is 6.42 Å². The lowest BCUT2D eigenvalue weighted by atomic mass is 10.0. The molecule has 1 unspecified atom stereocenters. The van der Waals surface area contributed by atoms with Gasteiger partial charge in [0.15, 0.2) is 0 Å². The number of hydrogen-bond donors (Lipinski definition) is 2. The highest BCUT2D eigenvalue weighted by atomic mass is 35.5. The molecular formula is C15H21ClN2O2. The van der Waals surface area contributed by atoms with Crippen molar-refractivity contribution in [2.75, 3.05) is 25.0 Å². The van der Waals surface area contributed by atoms with Gasteiger partial charge in [-0.3, -0.25) is 4.79 Å². The third-order valence-corrected chi connectivity index (χ3v) is 3.75. The Morgan fingerprint density at radius 1 is 1.55 bits per heavy atom. The Balaban J connectivity index is 1.82. The number of nitrogens with one attached hydrogen (secondary N) is 2. The standard InChI is InChI=1S/C15H21ClN2O2/c1-2-20-14-5-4-12(9-13(14)16)18-15(19)6-3-11-7-8-17-10-11/h4-5,9,11,17H,2-3,6-8,10H2,1H3,(H,18,19). The van der Waals surface area contributed by atoms with Crippen LogP contribution in [0.5, 0.6) is 5.75 Å². The number of benzene rings is 1. The van der Waals surface area contributed by atoms with Crippen LogP contribution < -0.4 is 15.4 Å². The monoisotopic (exact) mass is 296 g/mol. The second-order valence-electron chi connectivity index (χ2n) is 5.02. The first kappa shape index (κ1) is 15.1. The Hall–Kier alpha value is -1.26. The zero-order chi connectivity index (χ0) is 14.4. The van der Waals surface area contributed by atoms with Crippen LogP contribution in [0.3, 0.4) is 0 Å². The third-order valence-electron chi connectivity index (χ3n) is 3.46. The Labute approximate surface area is 124 Å². The van der Waals surface area contributed by atoms with E-state index < -0.39 is 0 Å². The van der Waals surface area contributed by atoms with Gasteiger partial charge in [0.2, 0.25) is 5.91 Å². The number of amides is 1. The summed E-state index contributed by atoms with van der Waals surface area (Å²) in [5.41, 5.74) is 0.716. The van der Waals surface area contributed by atoms with E-state index in [0.29, 0.717) is 35.4 Å². The van der Waals surface area contributed by atoms with Crippen molar-refractivity contribution in [3.63, 3.8) is 0 Å². The van der Waals surface area contributed by atoms with Gasteiger partial charge >= 0.3 is 0 Å². The van der Waals surface area contributed by atoms with Crippen LogP contribution >= 0.6 is 11.6 Å². The van der Waals surface area contributed by atoms with Gasteiger partial charge in [0, 0.05) is 12.1 Å². The zero-order valence-electron chi connectivity index (χ0n) is 11.7. The van der Waals surface area contributed by atoms with Crippen molar-refractivity contribution in [2.45, 2.75) is 26.2 Å². The maximum Gasteiger partial charge on any atom is 0.224 e. The number of halogens is 1. The molecule has 1 atom stereocenters. The molecule has 1 saturated heterocycles. The average Bonchev–Trinajstić information content (AvgIpc) is 2.93. The molecule has 0 aromatic heterocycles. The predicted molar refractivity (Wildman–Crippen MR) is 81.5 cm³/mol. The fourth-order valence-electron chi connectivity index (χ4n) is 2.37. The maximum atomic E-state index is 11.9. The summed E-state index contributed by atoms with van der Waals surface area (Å²) in [7, 11) is 0. The topological polar surface area (TPSA) is 50.4 Å². The van der Waals surface area contributed by atoms with Crippen molar-refractivity contribution in [3.8, 4) is 5.75 Å². The van der Waals surface area contributed by atoms with E-state index in [4.69, 9.17) is 16.3 Å². The molecule has 2 N–H and O–H groups in total. The third kappa shape index (κ3) is 4.39. The van der Waals surface area contributed by atoms with Crippen LogP contribution in [0.15, 0.2) is 18.2 Å². The van der Waals surface area contributed by atoms with E-state index in [1.54, 1.807) is 12.1 Å². The van der Waals surface area contributed by atoms with Gasteiger partial charge in [-0.1, -0.05) is 11.6 Å². The van der Waals surface area contributed by atoms with E-state index in [2.05, 4.69) is 10.6 Å². The summed E-state index contributed by atoms with van der Waals surface area (Å²) >= 11 is 6.09. The zero-order valence-corrected chi connectivity index (χ0v) is 12.5. The van der Waals surface area contributed by atoms with E-state index in [9.17, 15) is 4.79 Å². The molecule has 5 heteroatoms. The first-order chi connectivity index (χ1) is 9.69. The van der Waals surface area contributed by atoms with Gasteiger partial charge < -0.3 is 15.4 Å². The summed E-state index contributed by atoms with van der Waals surface area (Å²) in [4.78, 5) is 11.9. The van der Waals surface area contributed by atoms with E-state index >= 15 is 0 Å². The van der Waals surface area contributed by atoms with Crippen LogP contribution in [-0.4, -0.2) is 25.6 Å². The lowest BCUT2D eigenvalue weighted by Crippen LogP contribution is -2.15. The highest BCUT2D eigenvalue weighted by Crippen LogP contribution is 2.27. The summed E-state index contributed by atoms with van der Waals surface area (Å²) in [6.07, 6.45) is 2.66. The van der Waals surface area contributed by atoms with E-state index in [-0.39, 0.29) is 5.91 Å². The lowest BCUT2D eigenvalue weighted by Gasteiger charge is -2.10. The summed E-state index contributed by atoms with van der Waals surface area (Å²) in [5.74, 6) is 1.31. The minimum absolute atomic E-state index is 0.0390. The van der Waals surface area contributed by atoms with Crippen molar-refractivity contribution >= 4 is 23.2 Å². The molecule has 2 rings (SSSR count). The van der Waals surface area contributed by atoms with Crippen molar-refractivity contribution < 1.29 is 9.53 Å². The number of rotatable bonds is 6. The fourth-order valence-corrected chi connectivity index (χ4v) is 2.61. The SMILES string of the molecule is CCOc1ccc(NC(=O)CCC2CCNC2)cc1Cl. The maximum absolute atomic E-state index is 11.9. The van der Waals surface area contributed by atoms with Gasteiger partial charge in [-0.2, -0.15) is 0 Å². The van der Waals surface area contributed by atoms with Crippen molar-refractivity contribution in [1.29, 1.82) is 0 Å². The molecule has 1 fully saturated rings. The first-order valence-electron chi connectivity index (χ1n) is 7.12. The fraction of sp³-hybridized carbons (Fsp3) is 0.533. The molecule has 1 aliphatic rings. The molecule has 0 saturated carbocycles. The molecule has 1 aliphatic heterocycles. The molecule has 1 aromatic rings. The van der Waals surface area contributed by atoms with Crippen LogP contribution in [0.4, 0.5) is 5.69 Å². The molecule has 4 nitrogen and oxygen atoms in total. The molecule has 0 spiro atoms. The van der Waals surface area contributed by atoms with Gasteiger partial charge in [0.05, 0.1) is 11.6 Å². The minimum atomic E-state index is 0.0390. The molecule has 1 amide bonds. The van der Waals surface area contributed by atoms with Crippen molar-refractivity contribution in [3.05, 3.63) is 23.2 Å². The predicted octanol–water partition coefficient (Wildman–Crippen LogP) is 3.07. The quantitative estimate of drug-likeness (QED) is 0.848. The minimum Gasteiger partial charge on any atom is -0.492 e. The molecule has 110 valence electrons. The van der Waals surface area contributed by atoms with Crippen LogP contribution in [0.2, 0.25) is 5.02 Å². The van der Waals surface area contributed by atoms with Crippen molar-refractivity contribution in [2.24, 2.45) is 5.92 Å². The second-order valence-corrected chi connectivity index (χ2v) is 5.43. The summed E-state index contributed by atoms with van der Waals surface area (Å²) < 4.78 is 5.36. The largest absolute Gasteiger partial charge is 0.492 e. The van der Waals surface area contributed by atoms with Crippen LogP contribution in [0.1, 0.15) is 26.2 Å². The van der Waals surface area contributed by atoms with Gasteiger partial charge in [-0.25, -0.2) is 0 Å². The summed E-state index contributed by atoms with van der Waals surface area (Å²) in [6, 6.07) is 5.32. The molecule has 0 aliphatic carbocycles. The van der Waals surface area contributed by atoms with Gasteiger partial charge in [-0.05, 0) is 57.0 Å². The Morgan fingerprint density at radius 2 is 2.40 bits per heavy atom. The second kappa shape index (κ2) is 7.50. The number of anilines is 1. The van der Waals surface area contributed by atoms with E-state index in [0.717, 1.165) is 19.5 Å². The van der Waals surface area contributed by atoms with E-state index in [1.807, 2.05) is 13.0 Å². The number of carbonyl (C=O) groups is 1. The highest BCUT2D eigenvalue weighted by Gasteiger charge is 2.15. The molecule has 0 bridgehead atoms. The smallest absolute Gasteiger partial charge is 0.224 e. The summed E-state index contributed by atoms with van der Waals surface area (Å²) in [6.45, 7) is 4.58. The molecule has 20 heavy (non-hydrogen) atoms. The van der Waals surface area contributed by atoms with Crippen LogP contribution in [0, 0.1) is 5.92 Å². The first-order valence-corrected chi connectivity index (χ1v) is 7.49. The Morgan fingerprint density at radius 3 is 3.05 bits per heavy atom. The lowest BCUT2D eigenvalue weighted by molar-refractivity contribution is -0.116. The van der Waals surface area contributed by atoms with Gasteiger partial charge in [0.25, 0.3) is 0 Å². The summed E-state index contributed by atoms with van der Waals surface area (Å²) in [5, 5.41) is 6.70. The molecule has 0 radical (unpaired) electrons. The normalized spacial score (nSPS) is 18.0. The highest BCUT2D eigenvalue weighted by molar-refractivity contribution is 6.32. The van der Waals surface area contributed by atoms with Crippen molar-refractivity contribution in [1.82, 2.24) is 5.32 Å². The number of carbonyl (C=O) groups excluding carboxylic acids is 1. The Bertz CT molecular complexity index is 459. The number of ether oxygens (including phenoxy) is 1. The average molecular weight is 297 g/mol. The van der Waals surface area contributed by atoms with Gasteiger partial charge in [-0.15, -0.1) is 0 Å².